The van der Waals surface area contributed by atoms with E-state index in [1.54, 1.807) is 0 Å². The second-order valence-corrected chi connectivity index (χ2v) is 4.32. The maximum atomic E-state index is 4.09. The molecular formula is C14H22N2. The van der Waals surface area contributed by atoms with Crippen molar-refractivity contribution in [2.45, 2.75) is 20.8 Å². The largest absolute Gasteiger partial charge is 0.372 e. The highest BCUT2D eigenvalue weighted by Crippen LogP contribution is 2.18. The Kier molecular flexibility index (Phi) is 4.90. The van der Waals surface area contributed by atoms with Crippen LogP contribution in [0.3, 0.4) is 0 Å². The normalized spacial score (nSPS) is 10.2. The summed E-state index contributed by atoms with van der Waals surface area (Å²) < 4.78 is 0. The summed E-state index contributed by atoms with van der Waals surface area (Å²) in [5, 5.41) is 3.28. The van der Waals surface area contributed by atoms with E-state index in [9.17, 15) is 0 Å². The van der Waals surface area contributed by atoms with Gasteiger partial charge in [-0.3, -0.25) is 0 Å². The molecule has 0 aliphatic heterocycles. The van der Waals surface area contributed by atoms with Crippen LogP contribution in [0.2, 0.25) is 0 Å². The van der Waals surface area contributed by atoms with E-state index in [0.717, 1.165) is 18.9 Å². The molecule has 1 N–H and O–H groups in total. The predicted octanol–water partition coefficient (Wildman–Crippen LogP) is 3.23. The van der Waals surface area contributed by atoms with Crippen molar-refractivity contribution in [3.05, 3.63) is 42.7 Å². The zero-order valence-electron chi connectivity index (χ0n) is 10.5. The highest BCUT2D eigenvalue weighted by molar-refractivity contribution is 5.50. The minimum absolute atomic E-state index is 0.607. The molecule has 1 rings (SSSR count). The zero-order chi connectivity index (χ0) is 12.0. The lowest BCUT2D eigenvalue weighted by Gasteiger charge is -2.28. The van der Waals surface area contributed by atoms with Crippen molar-refractivity contribution in [3.8, 4) is 0 Å². The number of nitrogens with one attached hydrogen (secondary N) is 1. The van der Waals surface area contributed by atoms with Gasteiger partial charge < -0.3 is 10.2 Å². The van der Waals surface area contributed by atoms with Crippen LogP contribution in [0.4, 0.5) is 5.69 Å². The smallest absolute Gasteiger partial charge is 0.0983 e. The first-order valence-corrected chi connectivity index (χ1v) is 5.90. The number of hydrogen-bond acceptors (Lipinski definition) is 2. The summed E-state index contributed by atoms with van der Waals surface area (Å²) in [5.41, 5.74) is 1.20. The monoisotopic (exact) mass is 218 g/mol. The van der Waals surface area contributed by atoms with Crippen molar-refractivity contribution in [3.63, 3.8) is 0 Å². The molecule has 0 bridgehead atoms. The molecule has 0 unspecified atom stereocenters. The van der Waals surface area contributed by atoms with Gasteiger partial charge in [0.15, 0.2) is 0 Å². The molecule has 0 atom stereocenters. The number of para-hydroxylation sites is 1. The average molecular weight is 218 g/mol. The van der Waals surface area contributed by atoms with Crippen LogP contribution < -0.4 is 10.2 Å². The van der Waals surface area contributed by atoms with Crippen molar-refractivity contribution in [2.24, 2.45) is 5.92 Å². The van der Waals surface area contributed by atoms with Gasteiger partial charge in [0.2, 0.25) is 0 Å². The Hall–Kier alpha value is -1.44. The molecule has 88 valence electrons. The Labute approximate surface area is 99.0 Å². The molecule has 1 aromatic carbocycles. The Bertz CT molecular complexity index is 317. The Balaban J connectivity index is 2.83. The minimum atomic E-state index is 0.607. The van der Waals surface area contributed by atoms with Crippen LogP contribution in [0.25, 0.3) is 0 Å². The number of anilines is 1. The summed E-state index contributed by atoms with van der Waals surface area (Å²) >= 11 is 0. The summed E-state index contributed by atoms with van der Waals surface area (Å²) in [6.07, 6.45) is 0. The van der Waals surface area contributed by atoms with Gasteiger partial charge in [0, 0.05) is 18.8 Å². The maximum Gasteiger partial charge on any atom is 0.0983 e. The third kappa shape index (κ3) is 3.61. The summed E-state index contributed by atoms with van der Waals surface area (Å²) in [7, 11) is 0. The molecule has 0 saturated carbocycles. The molecule has 0 aliphatic carbocycles. The Morgan fingerprint density at radius 1 is 1.31 bits per heavy atom. The predicted molar refractivity (Wildman–Crippen MR) is 71.4 cm³/mol. The highest BCUT2D eigenvalue weighted by atomic mass is 15.2. The highest BCUT2D eigenvalue weighted by Gasteiger charge is 2.10. The first kappa shape index (κ1) is 12.6. The lowest BCUT2D eigenvalue weighted by atomic mass is 10.2. The van der Waals surface area contributed by atoms with Gasteiger partial charge in [-0.05, 0) is 25.0 Å². The number of rotatable bonds is 6. The molecule has 0 aliphatic rings. The first-order chi connectivity index (χ1) is 7.65. The molecule has 0 aromatic heterocycles. The van der Waals surface area contributed by atoms with Gasteiger partial charge in [-0.1, -0.05) is 38.6 Å². The number of benzene rings is 1. The fraction of sp³-hybridized carbons (Fsp3) is 0.429. The maximum absolute atomic E-state index is 4.09. The van der Waals surface area contributed by atoms with Gasteiger partial charge in [0.1, 0.15) is 0 Å². The van der Waals surface area contributed by atoms with Crippen LogP contribution in [0.15, 0.2) is 42.7 Å². The topological polar surface area (TPSA) is 15.3 Å². The second-order valence-electron chi connectivity index (χ2n) is 4.32. The number of nitrogens with zero attached hydrogens (tertiary/aromatic N) is 1. The van der Waals surface area contributed by atoms with E-state index in [2.05, 4.69) is 61.8 Å². The Morgan fingerprint density at radius 2 is 1.94 bits per heavy atom. The minimum Gasteiger partial charge on any atom is -0.372 e. The van der Waals surface area contributed by atoms with Crippen LogP contribution in [0, 0.1) is 5.92 Å². The molecule has 2 heteroatoms. The fourth-order valence-electron chi connectivity index (χ4n) is 1.64. The van der Waals surface area contributed by atoms with Gasteiger partial charge >= 0.3 is 0 Å². The lowest BCUT2D eigenvalue weighted by molar-refractivity contribution is 0.621. The molecule has 16 heavy (non-hydrogen) atoms. The lowest BCUT2D eigenvalue weighted by Crippen LogP contribution is -2.33. The van der Waals surface area contributed by atoms with Crippen molar-refractivity contribution >= 4 is 5.69 Å². The molecule has 0 saturated heterocycles. The van der Waals surface area contributed by atoms with E-state index in [1.807, 2.05) is 6.07 Å². The molecule has 0 fully saturated rings. The average Bonchev–Trinajstić information content (AvgIpc) is 2.27. The van der Waals surface area contributed by atoms with Gasteiger partial charge in [0.05, 0.1) is 5.82 Å². The second kappa shape index (κ2) is 6.21. The zero-order valence-corrected chi connectivity index (χ0v) is 10.5. The molecule has 2 nitrogen and oxygen atoms in total. The quantitative estimate of drug-likeness (QED) is 0.788. The first-order valence-electron chi connectivity index (χ1n) is 5.90. The summed E-state index contributed by atoms with van der Waals surface area (Å²) in [4.78, 5) is 2.23. The SMILES string of the molecule is C=C(NCC)N(CC(C)C)c1ccccc1. The third-order valence-corrected chi connectivity index (χ3v) is 2.32. The van der Waals surface area contributed by atoms with Gasteiger partial charge in [-0.25, -0.2) is 0 Å². The molecule has 0 radical (unpaired) electrons. The number of hydrogen-bond donors (Lipinski definition) is 1. The van der Waals surface area contributed by atoms with E-state index in [1.165, 1.54) is 5.69 Å². The van der Waals surface area contributed by atoms with Crippen LogP contribution in [-0.2, 0) is 0 Å². The van der Waals surface area contributed by atoms with Crippen LogP contribution >= 0.6 is 0 Å². The summed E-state index contributed by atoms with van der Waals surface area (Å²) in [6.45, 7) is 12.5. The van der Waals surface area contributed by atoms with E-state index < -0.39 is 0 Å². The van der Waals surface area contributed by atoms with Crippen molar-refractivity contribution in [2.75, 3.05) is 18.0 Å². The van der Waals surface area contributed by atoms with Crippen LogP contribution in [0.5, 0.6) is 0 Å². The molecule has 1 aromatic rings. The molecule has 0 spiro atoms. The molecular weight excluding hydrogens is 196 g/mol. The van der Waals surface area contributed by atoms with Crippen molar-refractivity contribution in [1.82, 2.24) is 5.32 Å². The van der Waals surface area contributed by atoms with Crippen molar-refractivity contribution in [1.29, 1.82) is 0 Å². The molecule has 0 amide bonds. The molecule has 0 heterocycles. The van der Waals surface area contributed by atoms with E-state index in [-0.39, 0.29) is 0 Å². The standard InChI is InChI=1S/C14H22N2/c1-5-15-13(4)16(11-12(2)3)14-9-7-6-8-10-14/h6-10,12,15H,4-5,11H2,1-3H3. The summed E-state index contributed by atoms with van der Waals surface area (Å²) in [5.74, 6) is 1.58. The fourth-order valence-corrected chi connectivity index (χ4v) is 1.64. The Morgan fingerprint density at radius 3 is 2.44 bits per heavy atom. The van der Waals surface area contributed by atoms with Gasteiger partial charge in [0.25, 0.3) is 0 Å². The van der Waals surface area contributed by atoms with Gasteiger partial charge in [-0.2, -0.15) is 0 Å². The van der Waals surface area contributed by atoms with Crippen LogP contribution in [0.1, 0.15) is 20.8 Å². The van der Waals surface area contributed by atoms with E-state index in [4.69, 9.17) is 0 Å². The van der Waals surface area contributed by atoms with E-state index in [0.29, 0.717) is 5.92 Å². The van der Waals surface area contributed by atoms with Crippen molar-refractivity contribution < 1.29 is 0 Å². The van der Waals surface area contributed by atoms with Crippen LogP contribution in [-0.4, -0.2) is 13.1 Å². The van der Waals surface area contributed by atoms with E-state index >= 15 is 0 Å². The third-order valence-electron chi connectivity index (χ3n) is 2.32. The van der Waals surface area contributed by atoms with Gasteiger partial charge in [-0.15, -0.1) is 0 Å². The summed E-state index contributed by atoms with van der Waals surface area (Å²) in [6, 6.07) is 10.4.